The van der Waals surface area contributed by atoms with Crippen molar-refractivity contribution in [1.29, 1.82) is 5.26 Å². The summed E-state index contributed by atoms with van der Waals surface area (Å²) in [7, 11) is 3.20. The van der Waals surface area contributed by atoms with Gasteiger partial charge in [0, 0.05) is 6.07 Å². The summed E-state index contributed by atoms with van der Waals surface area (Å²) in [6.07, 6.45) is 1.81. The molecule has 0 aromatic heterocycles. The van der Waals surface area contributed by atoms with Gasteiger partial charge in [-0.1, -0.05) is 42.5 Å². The van der Waals surface area contributed by atoms with E-state index in [-0.39, 0.29) is 0 Å². The summed E-state index contributed by atoms with van der Waals surface area (Å²) in [4.78, 5) is 0. The van der Waals surface area contributed by atoms with Crippen LogP contribution in [0.25, 0.3) is 11.6 Å². The van der Waals surface area contributed by atoms with Gasteiger partial charge in [0.2, 0.25) is 0 Å². The Morgan fingerprint density at radius 3 is 2.21 bits per heavy atom. The molecule has 28 heavy (non-hydrogen) atoms. The van der Waals surface area contributed by atoms with Crippen molar-refractivity contribution in [3.8, 4) is 23.3 Å². The topological polar surface area (TPSA) is 51.5 Å². The molecule has 0 bridgehead atoms. The molecule has 140 valence electrons. The average molecular weight is 371 g/mol. The Kier molecular flexibility index (Phi) is 6.33. The Morgan fingerprint density at radius 2 is 1.57 bits per heavy atom. The second kappa shape index (κ2) is 9.29. The van der Waals surface area contributed by atoms with Crippen molar-refractivity contribution in [2.45, 2.75) is 6.61 Å². The van der Waals surface area contributed by atoms with E-state index in [4.69, 9.17) is 14.2 Å². The van der Waals surface area contributed by atoms with Crippen LogP contribution < -0.4 is 14.2 Å². The Morgan fingerprint density at radius 1 is 0.857 bits per heavy atom. The summed E-state index contributed by atoms with van der Waals surface area (Å²) in [6.45, 7) is 0.475. The first-order valence-corrected chi connectivity index (χ1v) is 8.84. The van der Waals surface area contributed by atoms with Gasteiger partial charge >= 0.3 is 0 Å². The van der Waals surface area contributed by atoms with Crippen LogP contribution in [0.4, 0.5) is 0 Å². The molecule has 0 heterocycles. The molecule has 3 rings (SSSR count). The maximum atomic E-state index is 9.67. The minimum absolute atomic E-state index is 0.475. The highest BCUT2D eigenvalue weighted by Gasteiger charge is 2.06. The van der Waals surface area contributed by atoms with Crippen LogP contribution >= 0.6 is 0 Å². The largest absolute Gasteiger partial charge is 0.497 e. The van der Waals surface area contributed by atoms with Gasteiger partial charge in [-0.15, -0.1) is 0 Å². The van der Waals surface area contributed by atoms with Crippen molar-refractivity contribution in [2.24, 2.45) is 0 Å². The van der Waals surface area contributed by atoms with E-state index >= 15 is 0 Å². The first-order chi connectivity index (χ1) is 13.7. The molecule has 0 amide bonds. The number of nitrogens with zero attached hydrogens (tertiary/aromatic N) is 1. The average Bonchev–Trinajstić information content (AvgIpc) is 2.76. The van der Waals surface area contributed by atoms with Gasteiger partial charge in [0.25, 0.3) is 0 Å². The SMILES string of the molecule is COc1cc(C=C(C#N)c2cccc(OCc3ccccc3)c2)cc(OC)c1. The number of allylic oxidation sites excluding steroid dienone is 1. The third-order valence-electron chi connectivity index (χ3n) is 4.20. The second-order valence-electron chi connectivity index (χ2n) is 6.12. The molecule has 0 N–H and O–H groups in total. The fourth-order valence-electron chi connectivity index (χ4n) is 2.75. The molecule has 0 spiro atoms. The van der Waals surface area contributed by atoms with Crippen LogP contribution in [0.2, 0.25) is 0 Å². The van der Waals surface area contributed by atoms with Crippen molar-refractivity contribution < 1.29 is 14.2 Å². The lowest BCUT2D eigenvalue weighted by atomic mass is 10.0. The molecule has 0 aliphatic carbocycles. The van der Waals surface area contributed by atoms with Crippen LogP contribution in [0, 0.1) is 11.3 Å². The Balaban J connectivity index is 1.85. The van der Waals surface area contributed by atoms with Crippen LogP contribution in [0.1, 0.15) is 16.7 Å². The lowest BCUT2D eigenvalue weighted by Gasteiger charge is -2.09. The summed E-state index contributed by atoms with van der Waals surface area (Å²) in [5, 5.41) is 9.67. The van der Waals surface area contributed by atoms with E-state index < -0.39 is 0 Å². The predicted octanol–water partition coefficient (Wildman–Crippen LogP) is 5.35. The van der Waals surface area contributed by atoms with Crippen molar-refractivity contribution in [1.82, 2.24) is 0 Å². The van der Waals surface area contributed by atoms with E-state index in [0.717, 1.165) is 16.7 Å². The fraction of sp³-hybridized carbons (Fsp3) is 0.125. The normalized spacial score (nSPS) is 10.8. The zero-order chi connectivity index (χ0) is 19.8. The standard InChI is InChI=1S/C24H21NO3/c1-26-23-12-19(13-24(15-23)27-2)11-21(16-25)20-9-6-10-22(14-20)28-17-18-7-4-3-5-8-18/h3-15H,17H2,1-2H3. The van der Waals surface area contributed by atoms with Crippen molar-refractivity contribution in [3.63, 3.8) is 0 Å². The van der Waals surface area contributed by atoms with Crippen LogP contribution in [0.3, 0.4) is 0 Å². The van der Waals surface area contributed by atoms with Gasteiger partial charge in [0.05, 0.1) is 25.9 Å². The van der Waals surface area contributed by atoms with Crippen LogP contribution in [-0.2, 0) is 6.61 Å². The van der Waals surface area contributed by atoms with E-state index in [1.165, 1.54) is 0 Å². The van der Waals surface area contributed by atoms with Crippen LogP contribution in [0.15, 0.2) is 72.8 Å². The Hall–Kier alpha value is -3.71. The van der Waals surface area contributed by atoms with Crippen LogP contribution in [-0.4, -0.2) is 14.2 Å². The quantitative estimate of drug-likeness (QED) is 0.415. The molecule has 3 aromatic carbocycles. The van der Waals surface area contributed by atoms with E-state index in [0.29, 0.717) is 29.4 Å². The van der Waals surface area contributed by atoms with E-state index in [1.807, 2.05) is 66.7 Å². The fourth-order valence-corrected chi connectivity index (χ4v) is 2.75. The Bertz CT molecular complexity index is 982. The third kappa shape index (κ3) is 4.93. The summed E-state index contributed by atoms with van der Waals surface area (Å²) in [5.41, 5.74) is 3.23. The van der Waals surface area contributed by atoms with Gasteiger partial charge < -0.3 is 14.2 Å². The number of rotatable bonds is 7. The summed E-state index contributed by atoms with van der Waals surface area (Å²) >= 11 is 0. The smallest absolute Gasteiger partial charge is 0.123 e. The summed E-state index contributed by atoms with van der Waals surface area (Å²) in [6, 6.07) is 25.3. The van der Waals surface area contributed by atoms with Crippen molar-refractivity contribution in [3.05, 3.63) is 89.5 Å². The molecule has 0 fully saturated rings. The maximum absolute atomic E-state index is 9.67. The molecule has 0 aliphatic heterocycles. The van der Waals surface area contributed by atoms with Gasteiger partial charge in [-0.2, -0.15) is 5.26 Å². The number of nitriles is 1. The minimum Gasteiger partial charge on any atom is -0.497 e. The zero-order valence-corrected chi connectivity index (χ0v) is 15.9. The van der Waals surface area contributed by atoms with Crippen molar-refractivity contribution >= 4 is 11.6 Å². The lowest BCUT2D eigenvalue weighted by molar-refractivity contribution is 0.306. The predicted molar refractivity (Wildman–Crippen MR) is 110 cm³/mol. The molecular formula is C24H21NO3. The van der Waals surface area contributed by atoms with E-state index in [2.05, 4.69) is 6.07 Å². The molecule has 0 atom stereocenters. The number of hydrogen-bond acceptors (Lipinski definition) is 4. The number of methoxy groups -OCH3 is 2. The van der Waals surface area contributed by atoms with Gasteiger partial charge in [-0.05, 0) is 47.0 Å². The number of hydrogen-bond donors (Lipinski definition) is 0. The number of benzene rings is 3. The lowest BCUT2D eigenvalue weighted by Crippen LogP contribution is -1.95. The second-order valence-corrected chi connectivity index (χ2v) is 6.12. The third-order valence-corrected chi connectivity index (χ3v) is 4.20. The minimum atomic E-state index is 0.475. The number of ether oxygens (including phenoxy) is 3. The zero-order valence-electron chi connectivity index (χ0n) is 15.9. The molecule has 0 aliphatic rings. The molecule has 4 nitrogen and oxygen atoms in total. The van der Waals surface area contributed by atoms with Gasteiger partial charge in [0.1, 0.15) is 23.9 Å². The molecule has 3 aromatic rings. The molecule has 0 saturated heterocycles. The molecule has 4 heteroatoms. The highest BCUT2D eigenvalue weighted by atomic mass is 16.5. The van der Waals surface area contributed by atoms with Crippen LogP contribution in [0.5, 0.6) is 17.2 Å². The van der Waals surface area contributed by atoms with E-state index in [9.17, 15) is 5.26 Å². The van der Waals surface area contributed by atoms with Gasteiger partial charge in [-0.3, -0.25) is 0 Å². The first-order valence-electron chi connectivity index (χ1n) is 8.84. The highest BCUT2D eigenvalue weighted by molar-refractivity contribution is 5.90. The molecule has 0 radical (unpaired) electrons. The molecule has 0 saturated carbocycles. The summed E-state index contributed by atoms with van der Waals surface area (Å²) < 4.78 is 16.5. The molecule has 0 unspecified atom stereocenters. The first kappa shape index (κ1) is 19.1. The summed E-state index contributed by atoms with van der Waals surface area (Å²) in [5.74, 6) is 2.05. The van der Waals surface area contributed by atoms with Gasteiger partial charge in [0.15, 0.2) is 0 Å². The monoisotopic (exact) mass is 371 g/mol. The van der Waals surface area contributed by atoms with E-state index in [1.54, 1.807) is 26.4 Å². The maximum Gasteiger partial charge on any atom is 0.123 e. The highest BCUT2D eigenvalue weighted by Crippen LogP contribution is 2.27. The van der Waals surface area contributed by atoms with Crippen molar-refractivity contribution in [2.75, 3.05) is 14.2 Å². The Labute approximate surface area is 165 Å². The van der Waals surface area contributed by atoms with Gasteiger partial charge in [-0.25, -0.2) is 0 Å². The molecular weight excluding hydrogens is 350 g/mol.